The minimum absolute atomic E-state index is 0.144. The van der Waals surface area contributed by atoms with Crippen LogP contribution in [0.25, 0.3) is 0 Å². The summed E-state index contributed by atoms with van der Waals surface area (Å²) in [6.45, 7) is 1.70. The van der Waals surface area contributed by atoms with E-state index in [1.807, 2.05) is 60.7 Å². The maximum atomic E-state index is 13.6. The Morgan fingerprint density at radius 1 is 0.846 bits per heavy atom. The number of ether oxygens (including phenoxy) is 1. The second-order valence-electron chi connectivity index (χ2n) is 6.24. The number of hydrogen-bond acceptors (Lipinski definition) is 3. The van der Waals surface area contributed by atoms with Crippen LogP contribution in [0.15, 0.2) is 84.9 Å². The molecule has 132 valence electrons. The lowest BCUT2D eigenvalue weighted by molar-refractivity contribution is 0.0224. The average Bonchev–Trinajstić information content (AvgIpc) is 2.70. The van der Waals surface area contributed by atoms with Crippen LogP contribution in [0.2, 0.25) is 0 Å². The second kappa shape index (κ2) is 7.65. The number of ketones is 1. The molecule has 1 unspecified atom stereocenters. The summed E-state index contributed by atoms with van der Waals surface area (Å²) in [5, 5.41) is 9.71. The molecule has 0 saturated carbocycles. The van der Waals surface area contributed by atoms with Gasteiger partial charge in [0, 0.05) is 12.7 Å². The van der Waals surface area contributed by atoms with Crippen molar-refractivity contribution in [2.24, 2.45) is 0 Å². The lowest BCUT2D eigenvalue weighted by Gasteiger charge is -2.32. The SMILES string of the molecule is COC(C(=O)c1ccc(C(C)O)cc1)(c1ccccc1)c1ccccc1. The standard InChI is InChI=1S/C23H22O3/c1-17(24)18-13-15-19(16-14-18)22(25)23(26-2,20-9-5-3-6-10-20)21-11-7-4-8-12-21/h3-17,24H,1-2H3. The summed E-state index contributed by atoms with van der Waals surface area (Å²) in [6.07, 6.45) is -0.574. The second-order valence-corrected chi connectivity index (χ2v) is 6.24. The molecule has 0 saturated heterocycles. The van der Waals surface area contributed by atoms with E-state index in [0.29, 0.717) is 5.56 Å². The molecule has 0 aromatic heterocycles. The van der Waals surface area contributed by atoms with Crippen molar-refractivity contribution in [1.29, 1.82) is 0 Å². The lowest BCUT2D eigenvalue weighted by atomic mass is 9.79. The molecule has 3 aromatic carbocycles. The predicted molar refractivity (Wildman–Crippen MR) is 102 cm³/mol. The van der Waals surface area contributed by atoms with E-state index < -0.39 is 11.7 Å². The molecule has 0 aliphatic heterocycles. The van der Waals surface area contributed by atoms with Crippen molar-refractivity contribution in [3.05, 3.63) is 107 Å². The fourth-order valence-electron chi connectivity index (χ4n) is 3.22. The van der Waals surface area contributed by atoms with E-state index in [1.165, 1.54) is 0 Å². The first-order valence-corrected chi connectivity index (χ1v) is 8.58. The fraction of sp³-hybridized carbons (Fsp3) is 0.174. The number of Topliss-reactive ketones (excluding diaryl/α,β-unsaturated/α-hetero) is 1. The number of carbonyl (C=O) groups excluding carboxylic acids is 1. The van der Waals surface area contributed by atoms with Crippen molar-refractivity contribution in [2.75, 3.05) is 7.11 Å². The van der Waals surface area contributed by atoms with E-state index in [-0.39, 0.29) is 5.78 Å². The smallest absolute Gasteiger partial charge is 0.203 e. The summed E-state index contributed by atoms with van der Waals surface area (Å²) >= 11 is 0. The van der Waals surface area contributed by atoms with Crippen LogP contribution >= 0.6 is 0 Å². The quantitative estimate of drug-likeness (QED) is 0.668. The summed E-state index contributed by atoms with van der Waals surface area (Å²) < 4.78 is 5.91. The topological polar surface area (TPSA) is 46.5 Å². The Labute approximate surface area is 153 Å². The molecule has 3 rings (SSSR count). The molecule has 0 aliphatic carbocycles. The van der Waals surface area contributed by atoms with Crippen LogP contribution in [-0.2, 0) is 10.3 Å². The van der Waals surface area contributed by atoms with Crippen molar-refractivity contribution >= 4 is 5.78 Å². The van der Waals surface area contributed by atoms with Crippen LogP contribution in [0.3, 0.4) is 0 Å². The summed E-state index contributed by atoms with van der Waals surface area (Å²) in [7, 11) is 1.56. The number of aliphatic hydroxyl groups is 1. The Morgan fingerprint density at radius 2 is 1.31 bits per heavy atom. The van der Waals surface area contributed by atoms with Crippen LogP contribution < -0.4 is 0 Å². The highest BCUT2D eigenvalue weighted by molar-refractivity contribution is 6.05. The lowest BCUT2D eigenvalue weighted by Crippen LogP contribution is -2.39. The van der Waals surface area contributed by atoms with Gasteiger partial charge in [0.05, 0.1) is 6.10 Å². The van der Waals surface area contributed by atoms with Gasteiger partial charge in [-0.05, 0) is 23.6 Å². The molecule has 1 N–H and O–H groups in total. The Bertz CT molecular complexity index is 813. The average molecular weight is 346 g/mol. The molecular formula is C23H22O3. The Morgan fingerprint density at radius 3 is 1.69 bits per heavy atom. The molecule has 0 spiro atoms. The number of benzene rings is 3. The zero-order valence-corrected chi connectivity index (χ0v) is 14.9. The molecule has 26 heavy (non-hydrogen) atoms. The van der Waals surface area contributed by atoms with Crippen LogP contribution in [0, 0.1) is 0 Å². The summed E-state index contributed by atoms with van der Waals surface area (Å²) in [4.78, 5) is 13.6. The highest BCUT2D eigenvalue weighted by atomic mass is 16.5. The van der Waals surface area contributed by atoms with Gasteiger partial charge in [-0.15, -0.1) is 0 Å². The van der Waals surface area contributed by atoms with Crippen molar-refractivity contribution in [2.45, 2.75) is 18.6 Å². The summed E-state index contributed by atoms with van der Waals surface area (Å²) in [6, 6.07) is 26.1. The Balaban J connectivity index is 2.16. The highest BCUT2D eigenvalue weighted by Gasteiger charge is 2.42. The Kier molecular flexibility index (Phi) is 5.31. The van der Waals surface area contributed by atoms with Gasteiger partial charge in [-0.3, -0.25) is 4.79 Å². The molecule has 0 radical (unpaired) electrons. The van der Waals surface area contributed by atoms with E-state index in [0.717, 1.165) is 16.7 Å². The number of rotatable bonds is 6. The van der Waals surface area contributed by atoms with Crippen molar-refractivity contribution in [1.82, 2.24) is 0 Å². The first-order chi connectivity index (χ1) is 12.6. The highest BCUT2D eigenvalue weighted by Crippen LogP contribution is 2.36. The molecule has 3 heteroatoms. The van der Waals surface area contributed by atoms with Gasteiger partial charge >= 0.3 is 0 Å². The molecule has 0 amide bonds. The third-order valence-corrected chi connectivity index (χ3v) is 4.64. The van der Waals surface area contributed by atoms with Crippen molar-refractivity contribution < 1.29 is 14.6 Å². The maximum Gasteiger partial charge on any atom is 0.203 e. The van der Waals surface area contributed by atoms with Gasteiger partial charge < -0.3 is 9.84 Å². The summed E-state index contributed by atoms with van der Waals surface area (Å²) in [5.41, 5.74) is 1.62. The first kappa shape index (κ1) is 18.1. The predicted octanol–water partition coefficient (Wildman–Crippen LogP) is 4.51. The van der Waals surface area contributed by atoms with E-state index in [4.69, 9.17) is 4.74 Å². The number of hydrogen-bond donors (Lipinski definition) is 1. The van der Waals surface area contributed by atoms with Crippen LogP contribution in [0.1, 0.15) is 40.1 Å². The third kappa shape index (κ3) is 3.19. The van der Waals surface area contributed by atoms with E-state index >= 15 is 0 Å². The first-order valence-electron chi connectivity index (χ1n) is 8.58. The molecule has 0 bridgehead atoms. The largest absolute Gasteiger partial charge is 0.389 e. The molecule has 0 fully saturated rings. The molecule has 0 heterocycles. The van der Waals surface area contributed by atoms with Gasteiger partial charge in [-0.25, -0.2) is 0 Å². The molecular weight excluding hydrogens is 324 g/mol. The van der Waals surface area contributed by atoms with Crippen molar-refractivity contribution in [3.8, 4) is 0 Å². The van der Waals surface area contributed by atoms with Crippen LogP contribution in [0.4, 0.5) is 0 Å². The van der Waals surface area contributed by atoms with Gasteiger partial charge in [0.25, 0.3) is 0 Å². The molecule has 3 nitrogen and oxygen atoms in total. The molecule has 1 atom stereocenters. The Hall–Kier alpha value is -2.75. The zero-order valence-electron chi connectivity index (χ0n) is 14.9. The van der Waals surface area contributed by atoms with Gasteiger partial charge in [0.1, 0.15) is 0 Å². The fourth-order valence-corrected chi connectivity index (χ4v) is 3.22. The summed E-state index contributed by atoms with van der Waals surface area (Å²) in [5.74, 6) is -0.144. The van der Waals surface area contributed by atoms with Gasteiger partial charge in [0.15, 0.2) is 5.60 Å². The van der Waals surface area contributed by atoms with Gasteiger partial charge in [-0.2, -0.15) is 0 Å². The minimum Gasteiger partial charge on any atom is -0.389 e. The van der Waals surface area contributed by atoms with E-state index in [2.05, 4.69) is 0 Å². The zero-order chi connectivity index (χ0) is 18.6. The van der Waals surface area contributed by atoms with Gasteiger partial charge in [-0.1, -0.05) is 84.9 Å². The number of methoxy groups -OCH3 is 1. The van der Waals surface area contributed by atoms with Crippen LogP contribution in [-0.4, -0.2) is 18.0 Å². The number of aliphatic hydroxyl groups excluding tert-OH is 1. The normalized spacial score (nSPS) is 12.6. The molecule has 0 aliphatic rings. The minimum atomic E-state index is -1.23. The van der Waals surface area contributed by atoms with Gasteiger partial charge in [0.2, 0.25) is 5.78 Å². The molecule has 3 aromatic rings. The number of carbonyl (C=O) groups is 1. The monoisotopic (exact) mass is 346 g/mol. The van der Waals surface area contributed by atoms with E-state index in [9.17, 15) is 9.90 Å². The van der Waals surface area contributed by atoms with Crippen LogP contribution in [0.5, 0.6) is 0 Å². The maximum absolute atomic E-state index is 13.6. The van der Waals surface area contributed by atoms with E-state index in [1.54, 1.807) is 38.3 Å². The third-order valence-electron chi connectivity index (χ3n) is 4.64. The van der Waals surface area contributed by atoms with Crippen molar-refractivity contribution in [3.63, 3.8) is 0 Å².